The molecule has 1 N–H and O–H groups in total. The van der Waals surface area contributed by atoms with Gasteiger partial charge in [0, 0.05) is 23.3 Å². The van der Waals surface area contributed by atoms with Crippen molar-refractivity contribution in [1.29, 1.82) is 0 Å². The standard InChI is InChI=1S/C19H15N3O4/c1-13-5-7-14(8-6-13)19(23)21-20-12-17-9-10-18(26-17)15-3-2-4-16(11-15)22(24)25/h2-12H,1H3,(H,21,23)/b20-12-. The van der Waals surface area contributed by atoms with E-state index in [1.165, 1.54) is 18.3 Å². The topological polar surface area (TPSA) is 97.7 Å². The lowest BCUT2D eigenvalue weighted by atomic mass is 10.1. The molecule has 0 aliphatic rings. The van der Waals surface area contributed by atoms with Crippen LogP contribution in [0, 0.1) is 17.0 Å². The monoisotopic (exact) mass is 349 g/mol. The summed E-state index contributed by atoms with van der Waals surface area (Å²) in [6.45, 7) is 1.94. The molecule has 26 heavy (non-hydrogen) atoms. The Hall–Kier alpha value is -3.74. The van der Waals surface area contributed by atoms with Crippen molar-refractivity contribution in [3.8, 4) is 11.3 Å². The number of nitro groups is 1. The Balaban J connectivity index is 1.67. The molecule has 3 rings (SSSR count). The second-order valence-corrected chi connectivity index (χ2v) is 5.57. The molecule has 0 atom stereocenters. The van der Waals surface area contributed by atoms with Gasteiger partial charge in [0.2, 0.25) is 0 Å². The molecule has 130 valence electrons. The van der Waals surface area contributed by atoms with E-state index < -0.39 is 4.92 Å². The fraction of sp³-hybridized carbons (Fsp3) is 0.0526. The van der Waals surface area contributed by atoms with Crippen molar-refractivity contribution in [3.63, 3.8) is 0 Å². The molecular formula is C19H15N3O4. The average Bonchev–Trinajstić information content (AvgIpc) is 3.11. The molecule has 0 saturated carbocycles. The van der Waals surface area contributed by atoms with E-state index in [1.807, 2.05) is 19.1 Å². The average molecular weight is 349 g/mol. The molecule has 1 aromatic heterocycles. The Labute approximate surface area is 149 Å². The number of hydrogen-bond donors (Lipinski definition) is 1. The molecule has 0 unspecified atom stereocenters. The number of aryl methyl sites for hydroxylation is 1. The molecule has 2 aromatic carbocycles. The maximum atomic E-state index is 12.0. The smallest absolute Gasteiger partial charge is 0.271 e. The molecule has 1 amide bonds. The fourth-order valence-electron chi connectivity index (χ4n) is 2.27. The largest absolute Gasteiger partial charge is 0.455 e. The lowest BCUT2D eigenvalue weighted by Crippen LogP contribution is -2.17. The second-order valence-electron chi connectivity index (χ2n) is 5.57. The summed E-state index contributed by atoms with van der Waals surface area (Å²) < 4.78 is 5.58. The minimum atomic E-state index is -0.463. The Morgan fingerprint density at radius 2 is 1.92 bits per heavy atom. The maximum Gasteiger partial charge on any atom is 0.271 e. The first-order valence-corrected chi connectivity index (χ1v) is 7.78. The molecule has 0 aliphatic carbocycles. The second kappa shape index (κ2) is 7.43. The molecule has 7 heteroatoms. The number of furan rings is 1. The maximum absolute atomic E-state index is 12.0. The summed E-state index contributed by atoms with van der Waals surface area (Å²) in [4.78, 5) is 22.3. The minimum absolute atomic E-state index is 0.0144. The first-order valence-electron chi connectivity index (χ1n) is 7.78. The zero-order chi connectivity index (χ0) is 18.5. The quantitative estimate of drug-likeness (QED) is 0.429. The van der Waals surface area contributed by atoms with E-state index in [9.17, 15) is 14.9 Å². The number of benzene rings is 2. The molecule has 1 heterocycles. The van der Waals surface area contributed by atoms with Gasteiger partial charge in [-0.3, -0.25) is 14.9 Å². The van der Waals surface area contributed by atoms with Crippen LogP contribution in [-0.4, -0.2) is 17.0 Å². The predicted octanol–water partition coefficient (Wildman–Crippen LogP) is 3.93. The van der Waals surface area contributed by atoms with E-state index in [1.54, 1.807) is 36.4 Å². The fourth-order valence-corrected chi connectivity index (χ4v) is 2.27. The Bertz CT molecular complexity index is 974. The predicted molar refractivity (Wildman–Crippen MR) is 97.0 cm³/mol. The number of nitrogens with zero attached hydrogens (tertiary/aromatic N) is 2. The van der Waals surface area contributed by atoms with E-state index in [4.69, 9.17) is 4.42 Å². The van der Waals surface area contributed by atoms with Crippen molar-refractivity contribution in [3.05, 3.63) is 87.7 Å². The summed E-state index contributed by atoms with van der Waals surface area (Å²) in [6.07, 6.45) is 1.37. The molecule has 3 aromatic rings. The van der Waals surface area contributed by atoms with Gasteiger partial charge in [0.25, 0.3) is 11.6 Å². The Morgan fingerprint density at radius 3 is 2.65 bits per heavy atom. The lowest BCUT2D eigenvalue weighted by Gasteiger charge is -1.99. The normalized spacial score (nSPS) is 10.8. The van der Waals surface area contributed by atoms with Gasteiger partial charge in [0.15, 0.2) is 0 Å². The number of carbonyl (C=O) groups is 1. The number of rotatable bonds is 5. The third-order valence-electron chi connectivity index (χ3n) is 3.64. The molecular weight excluding hydrogens is 334 g/mol. The number of amides is 1. The van der Waals surface area contributed by atoms with Gasteiger partial charge in [0.05, 0.1) is 11.1 Å². The minimum Gasteiger partial charge on any atom is -0.455 e. The molecule has 0 saturated heterocycles. The van der Waals surface area contributed by atoms with E-state index >= 15 is 0 Å². The Morgan fingerprint density at radius 1 is 1.15 bits per heavy atom. The summed E-state index contributed by atoms with van der Waals surface area (Å²) in [6, 6.07) is 16.6. The van der Waals surface area contributed by atoms with Crippen LogP contribution in [0.5, 0.6) is 0 Å². The molecule has 0 radical (unpaired) electrons. The third kappa shape index (κ3) is 4.02. The van der Waals surface area contributed by atoms with Gasteiger partial charge in [-0.1, -0.05) is 29.8 Å². The number of carbonyl (C=O) groups excluding carboxylic acids is 1. The molecule has 0 spiro atoms. The van der Waals surface area contributed by atoms with E-state index in [0.29, 0.717) is 22.6 Å². The van der Waals surface area contributed by atoms with E-state index in [2.05, 4.69) is 10.5 Å². The van der Waals surface area contributed by atoms with Crippen LogP contribution in [0.3, 0.4) is 0 Å². The van der Waals surface area contributed by atoms with Gasteiger partial charge < -0.3 is 4.42 Å². The van der Waals surface area contributed by atoms with Crippen LogP contribution in [0.1, 0.15) is 21.7 Å². The van der Waals surface area contributed by atoms with Crippen LogP contribution in [-0.2, 0) is 0 Å². The summed E-state index contributed by atoms with van der Waals surface area (Å²) in [5.41, 5.74) is 4.56. The molecule has 0 bridgehead atoms. The third-order valence-corrected chi connectivity index (χ3v) is 3.64. The summed E-state index contributed by atoms with van der Waals surface area (Å²) in [7, 11) is 0. The number of non-ortho nitro benzene ring substituents is 1. The van der Waals surface area contributed by atoms with Crippen LogP contribution < -0.4 is 5.43 Å². The van der Waals surface area contributed by atoms with Crippen molar-refractivity contribution in [1.82, 2.24) is 5.43 Å². The van der Waals surface area contributed by atoms with Crippen molar-refractivity contribution in [2.24, 2.45) is 5.10 Å². The van der Waals surface area contributed by atoms with Gasteiger partial charge >= 0.3 is 0 Å². The van der Waals surface area contributed by atoms with Gasteiger partial charge in [-0.05, 0) is 31.2 Å². The summed E-state index contributed by atoms with van der Waals surface area (Å²) >= 11 is 0. The zero-order valence-electron chi connectivity index (χ0n) is 13.9. The number of nitro benzene ring substituents is 1. The van der Waals surface area contributed by atoms with Crippen LogP contribution in [0.2, 0.25) is 0 Å². The SMILES string of the molecule is Cc1ccc(C(=O)N/N=C\c2ccc(-c3cccc([N+](=O)[O-])c3)o2)cc1. The highest BCUT2D eigenvalue weighted by Crippen LogP contribution is 2.25. The van der Waals surface area contributed by atoms with Crippen LogP contribution >= 0.6 is 0 Å². The van der Waals surface area contributed by atoms with Crippen LogP contribution in [0.4, 0.5) is 5.69 Å². The summed E-state index contributed by atoms with van der Waals surface area (Å²) in [5.74, 6) is 0.558. The van der Waals surface area contributed by atoms with E-state index in [-0.39, 0.29) is 11.6 Å². The van der Waals surface area contributed by atoms with Gasteiger partial charge in [0.1, 0.15) is 11.5 Å². The van der Waals surface area contributed by atoms with Crippen molar-refractivity contribution >= 4 is 17.8 Å². The molecule has 0 fully saturated rings. The molecule has 0 aliphatic heterocycles. The zero-order valence-corrected chi connectivity index (χ0v) is 13.9. The number of hydrazone groups is 1. The Kier molecular flexibility index (Phi) is 4.89. The molecule has 7 nitrogen and oxygen atoms in total. The van der Waals surface area contributed by atoms with Gasteiger partial charge in [-0.25, -0.2) is 5.43 Å². The van der Waals surface area contributed by atoms with Crippen molar-refractivity contribution in [2.45, 2.75) is 6.92 Å². The van der Waals surface area contributed by atoms with Gasteiger partial charge in [-0.2, -0.15) is 5.10 Å². The van der Waals surface area contributed by atoms with Gasteiger partial charge in [-0.15, -0.1) is 0 Å². The first-order chi connectivity index (χ1) is 12.5. The van der Waals surface area contributed by atoms with E-state index in [0.717, 1.165) is 5.56 Å². The first kappa shape index (κ1) is 17.1. The highest BCUT2D eigenvalue weighted by atomic mass is 16.6. The van der Waals surface area contributed by atoms with Crippen LogP contribution in [0.25, 0.3) is 11.3 Å². The van der Waals surface area contributed by atoms with Crippen molar-refractivity contribution < 1.29 is 14.1 Å². The summed E-state index contributed by atoms with van der Waals surface area (Å²) in [5, 5.41) is 14.7. The van der Waals surface area contributed by atoms with Crippen molar-refractivity contribution in [2.75, 3.05) is 0 Å². The highest BCUT2D eigenvalue weighted by Gasteiger charge is 2.10. The number of nitrogens with one attached hydrogen (secondary N) is 1. The number of hydrogen-bond acceptors (Lipinski definition) is 5. The lowest BCUT2D eigenvalue weighted by molar-refractivity contribution is -0.384. The van der Waals surface area contributed by atoms with Crippen LogP contribution in [0.15, 0.2) is 70.2 Å². The highest BCUT2D eigenvalue weighted by molar-refractivity contribution is 5.94.